The average molecular weight is 224 g/mol. The van der Waals surface area contributed by atoms with Crippen molar-refractivity contribution >= 4 is 0 Å². The van der Waals surface area contributed by atoms with Crippen molar-refractivity contribution in [2.75, 3.05) is 13.2 Å². The van der Waals surface area contributed by atoms with Gasteiger partial charge in [-0.2, -0.15) is 0 Å². The molecule has 0 amide bonds. The maximum atomic E-state index is 5.62. The number of rotatable bonds is 0. The predicted molar refractivity (Wildman–Crippen MR) is 70.7 cm³/mol. The Morgan fingerprint density at radius 1 is 0.812 bits per heavy atom. The van der Waals surface area contributed by atoms with Crippen molar-refractivity contribution in [2.24, 2.45) is 0 Å². The lowest BCUT2D eigenvalue weighted by molar-refractivity contribution is 0.128. The highest BCUT2D eigenvalue weighted by Crippen LogP contribution is 2.13. The first-order chi connectivity index (χ1) is 7.89. The van der Waals surface area contributed by atoms with Gasteiger partial charge in [-0.15, -0.1) is 0 Å². The molecule has 0 saturated carbocycles. The van der Waals surface area contributed by atoms with Crippen LogP contribution in [0.2, 0.25) is 0 Å². The highest BCUT2D eigenvalue weighted by molar-refractivity contribution is 4.97. The summed E-state index contributed by atoms with van der Waals surface area (Å²) in [6.07, 6.45) is 15.8. The van der Waals surface area contributed by atoms with Crippen molar-refractivity contribution in [2.45, 2.75) is 71.1 Å². The minimum absolute atomic E-state index is 0.948. The van der Waals surface area contributed by atoms with Gasteiger partial charge in [0.25, 0.3) is 0 Å². The molecule has 0 bridgehead atoms. The van der Waals surface area contributed by atoms with Crippen LogP contribution in [0.25, 0.3) is 0 Å². The molecule has 0 radical (unpaired) electrons. The fourth-order valence-corrected chi connectivity index (χ4v) is 2.23. The molecular formula is C15H28O. The molecule has 0 fully saturated rings. The van der Waals surface area contributed by atoms with E-state index in [2.05, 4.69) is 13.0 Å². The summed E-state index contributed by atoms with van der Waals surface area (Å²) in [5.41, 5.74) is 1.58. The van der Waals surface area contributed by atoms with Crippen LogP contribution >= 0.6 is 0 Å². The minimum Gasteiger partial charge on any atom is -0.381 e. The van der Waals surface area contributed by atoms with Crippen LogP contribution in [0.1, 0.15) is 71.1 Å². The zero-order valence-electron chi connectivity index (χ0n) is 11.0. The topological polar surface area (TPSA) is 9.23 Å². The van der Waals surface area contributed by atoms with Gasteiger partial charge in [-0.05, 0) is 39.0 Å². The van der Waals surface area contributed by atoms with E-state index in [1.165, 1.54) is 64.2 Å². The fraction of sp³-hybridized carbons (Fsp3) is 0.867. The Morgan fingerprint density at radius 3 is 2.25 bits per heavy atom. The molecule has 0 saturated heterocycles. The molecule has 1 heteroatoms. The summed E-state index contributed by atoms with van der Waals surface area (Å²) < 4.78 is 5.62. The first-order valence-electron chi connectivity index (χ1n) is 7.13. The van der Waals surface area contributed by atoms with Gasteiger partial charge in [0.2, 0.25) is 0 Å². The van der Waals surface area contributed by atoms with E-state index in [0.29, 0.717) is 0 Å². The van der Waals surface area contributed by atoms with Crippen LogP contribution in [0, 0.1) is 0 Å². The Hall–Kier alpha value is -0.300. The summed E-state index contributed by atoms with van der Waals surface area (Å²) in [6, 6.07) is 0. The normalized spacial score (nSPS) is 26.2. The van der Waals surface area contributed by atoms with Crippen molar-refractivity contribution in [3.05, 3.63) is 11.6 Å². The molecule has 0 aromatic rings. The molecule has 0 atom stereocenters. The van der Waals surface area contributed by atoms with Crippen molar-refractivity contribution in [3.8, 4) is 0 Å². The number of hydrogen-bond donors (Lipinski definition) is 0. The lowest BCUT2D eigenvalue weighted by Crippen LogP contribution is -1.96. The third-order valence-electron chi connectivity index (χ3n) is 3.35. The maximum Gasteiger partial charge on any atom is 0.0468 e. The van der Waals surface area contributed by atoms with Crippen LogP contribution in [0.5, 0.6) is 0 Å². The monoisotopic (exact) mass is 224 g/mol. The van der Waals surface area contributed by atoms with Gasteiger partial charge in [0.05, 0.1) is 0 Å². The van der Waals surface area contributed by atoms with Crippen LogP contribution in [-0.2, 0) is 4.74 Å². The third-order valence-corrected chi connectivity index (χ3v) is 3.35. The average Bonchev–Trinajstić information content (AvgIpc) is 2.29. The molecule has 1 nitrogen and oxygen atoms in total. The molecule has 94 valence electrons. The smallest absolute Gasteiger partial charge is 0.0468 e. The van der Waals surface area contributed by atoms with Gasteiger partial charge >= 0.3 is 0 Å². The zero-order chi connectivity index (χ0) is 11.5. The summed E-state index contributed by atoms with van der Waals surface area (Å²) in [5.74, 6) is 0. The quantitative estimate of drug-likeness (QED) is 0.534. The summed E-state index contributed by atoms with van der Waals surface area (Å²) in [5, 5.41) is 0. The molecule has 0 N–H and O–H groups in total. The molecule has 0 aromatic heterocycles. The molecule has 0 aromatic carbocycles. The van der Waals surface area contributed by atoms with Gasteiger partial charge < -0.3 is 4.74 Å². The van der Waals surface area contributed by atoms with E-state index in [9.17, 15) is 0 Å². The van der Waals surface area contributed by atoms with E-state index in [4.69, 9.17) is 4.74 Å². The molecule has 1 aliphatic rings. The van der Waals surface area contributed by atoms with E-state index in [0.717, 1.165) is 13.2 Å². The first kappa shape index (κ1) is 13.8. The molecule has 1 rings (SSSR count). The van der Waals surface area contributed by atoms with Gasteiger partial charge in [-0.25, -0.2) is 0 Å². The van der Waals surface area contributed by atoms with E-state index in [-0.39, 0.29) is 0 Å². The molecular weight excluding hydrogens is 196 g/mol. The minimum atomic E-state index is 0.948. The van der Waals surface area contributed by atoms with Gasteiger partial charge in [-0.3, -0.25) is 0 Å². The number of ether oxygens (including phenoxy) is 1. The summed E-state index contributed by atoms with van der Waals surface area (Å²) in [7, 11) is 0. The van der Waals surface area contributed by atoms with Crippen LogP contribution in [0.4, 0.5) is 0 Å². The van der Waals surface area contributed by atoms with E-state index < -0.39 is 0 Å². The zero-order valence-corrected chi connectivity index (χ0v) is 11.0. The number of hydrogen-bond acceptors (Lipinski definition) is 1. The van der Waals surface area contributed by atoms with Crippen LogP contribution < -0.4 is 0 Å². The Balaban J connectivity index is 2.19. The second-order valence-electron chi connectivity index (χ2n) is 5.03. The maximum absolute atomic E-state index is 5.62. The summed E-state index contributed by atoms with van der Waals surface area (Å²) in [6.45, 7) is 4.20. The number of allylic oxidation sites excluding steroid dienone is 2. The molecule has 0 spiro atoms. The Bertz CT molecular complexity index is 184. The lowest BCUT2D eigenvalue weighted by Gasteiger charge is -2.03. The van der Waals surface area contributed by atoms with Crippen molar-refractivity contribution in [3.63, 3.8) is 0 Å². The second-order valence-corrected chi connectivity index (χ2v) is 5.03. The van der Waals surface area contributed by atoms with E-state index in [1.54, 1.807) is 5.57 Å². The Labute approximate surface area is 101 Å². The third kappa shape index (κ3) is 7.92. The SMILES string of the molecule is C/C1=C\CCCOCCCCCCCCC1. The predicted octanol–water partition coefficient (Wildman–Crippen LogP) is 4.86. The first-order valence-corrected chi connectivity index (χ1v) is 7.13. The standard InChI is InChI=1S/C15H28O/c1-15-11-7-5-3-2-4-6-9-13-16-14-10-8-12-15/h12H,2-11,13-14H2,1H3/b15-12+. The molecule has 1 heterocycles. The van der Waals surface area contributed by atoms with Gasteiger partial charge in [0.15, 0.2) is 0 Å². The highest BCUT2D eigenvalue weighted by atomic mass is 16.5. The largest absolute Gasteiger partial charge is 0.381 e. The molecule has 0 aliphatic carbocycles. The van der Waals surface area contributed by atoms with Crippen LogP contribution in [0.3, 0.4) is 0 Å². The van der Waals surface area contributed by atoms with Crippen molar-refractivity contribution < 1.29 is 4.74 Å². The van der Waals surface area contributed by atoms with Crippen LogP contribution in [-0.4, -0.2) is 13.2 Å². The highest BCUT2D eigenvalue weighted by Gasteiger charge is 1.96. The molecule has 1 aliphatic heterocycles. The van der Waals surface area contributed by atoms with Crippen molar-refractivity contribution in [1.82, 2.24) is 0 Å². The fourth-order valence-electron chi connectivity index (χ4n) is 2.23. The van der Waals surface area contributed by atoms with Gasteiger partial charge in [0.1, 0.15) is 0 Å². The van der Waals surface area contributed by atoms with E-state index >= 15 is 0 Å². The molecule has 16 heavy (non-hydrogen) atoms. The summed E-state index contributed by atoms with van der Waals surface area (Å²) in [4.78, 5) is 0. The molecule has 0 unspecified atom stereocenters. The van der Waals surface area contributed by atoms with Gasteiger partial charge in [-0.1, -0.05) is 43.8 Å². The van der Waals surface area contributed by atoms with E-state index in [1.807, 2.05) is 0 Å². The van der Waals surface area contributed by atoms with Crippen molar-refractivity contribution in [1.29, 1.82) is 0 Å². The van der Waals surface area contributed by atoms with Crippen LogP contribution in [0.15, 0.2) is 11.6 Å². The lowest BCUT2D eigenvalue weighted by atomic mass is 10.0. The Morgan fingerprint density at radius 2 is 1.44 bits per heavy atom. The summed E-state index contributed by atoms with van der Waals surface area (Å²) >= 11 is 0. The Kier molecular flexibility index (Phi) is 8.51. The second kappa shape index (κ2) is 9.89. The van der Waals surface area contributed by atoms with Gasteiger partial charge in [0, 0.05) is 13.2 Å².